The van der Waals surface area contributed by atoms with Crippen LogP contribution in [0.4, 0.5) is 0 Å². The van der Waals surface area contributed by atoms with Crippen molar-refractivity contribution in [3.8, 4) is 5.75 Å². The molecule has 3 rings (SSSR count). The van der Waals surface area contributed by atoms with Crippen molar-refractivity contribution in [1.82, 2.24) is 4.90 Å². The number of thioether (sulfide) groups is 1. The van der Waals surface area contributed by atoms with E-state index < -0.39 is 17.8 Å². The molecule has 1 fully saturated rings. The molecule has 0 radical (unpaired) electrons. The zero-order valence-corrected chi connectivity index (χ0v) is 16.1. The Morgan fingerprint density at radius 3 is 2.32 bits per heavy atom. The van der Waals surface area contributed by atoms with Crippen LogP contribution in [0.5, 0.6) is 5.75 Å². The van der Waals surface area contributed by atoms with Crippen LogP contribution in [0.3, 0.4) is 0 Å². The summed E-state index contributed by atoms with van der Waals surface area (Å²) >= 11 is 1.39. The van der Waals surface area contributed by atoms with Gasteiger partial charge in [-0.2, -0.15) is 0 Å². The van der Waals surface area contributed by atoms with Crippen LogP contribution in [0, 0.1) is 0 Å². The van der Waals surface area contributed by atoms with Crippen molar-refractivity contribution in [2.24, 2.45) is 0 Å². The van der Waals surface area contributed by atoms with Crippen molar-refractivity contribution in [1.29, 1.82) is 0 Å². The number of hydrogen-bond donors (Lipinski definition) is 0. The number of carbonyl (C=O) groups excluding carboxylic acids is 4. The van der Waals surface area contributed by atoms with E-state index in [4.69, 9.17) is 4.74 Å². The second-order valence-electron chi connectivity index (χ2n) is 6.16. The fourth-order valence-electron chi connectivity index (χ4n) is 2.87. The summed E-state index contributed by atoms with van der Waals surface area (Å²) in [5.41, 5.74) is 1.04. The molecule has 0 bridgehead atoms. The van der Waals surface area contributed by atoms with Crippen molar-refractivity contribution in [3.05, 3.63) is 65.7 Å². The minimum atomic E-state index is -0.703. The number of likely N-dealkylation sites (tertiary alicyclic amines) is 1. The maximum atomic E-state index is 12.4. The Bertz CT molecular complexity index is 895. The number of esters is 1. The Labute approximate surface area is 166 Å². The van der Waals surface area contributed by atoms with E-state index in [0.29, 0.717) is 11.1 Å². The average molecular weight is 397 g/mol. The molecule has 1 aliphatic heterocycles. The van der Waals surface area contributed by atoms with Crippen LogP contribution in [0.1, 0.15) is 29.3 Å². The van der Waals surface area contributed by atoms with E-state index in [1.54, 1.807) is 36.4 Å². The summed E-state index contributed by atoms with van der Waals surface area (Å²) in [5, 5.41) is -0.423. The van der Waals surface area contributed by atoms with Crippen LogP contribution in [-0.2, 0) is 14.4 Å². The molecule has 2 amide bonds. The maximum absolute atomic E-state index is 12.4. The number of ketones is 1. The van der Waals surface area contributed by atoms with Gasteiger partial charge in [0.1, 0.15) is 12.3 Å². The highest BCUT2D eigenvalue weighted by molar-refractivity contribution is 8.00. The molecular weight excluding hydrogens is 378 g/mol. The fraction of sp³-hybridized carbons (Fsp3) is 0.238. The van der Waals surface area contributed by atoms with Crippen LogP contribution in [0.15, 0.2) is 54.6 Å². The average Bonchev–Trinajstić information content (AvgIpc) is 2.96. The molecule has 0 aliphatic carbocycles. The van der Waals surface area contributed by atoms with E-state index >= 15 is 0 Å². The van der Waals surface area contributed by atoms with Crippen LogP contribution in [0.25, 0.3) is 0 Å². The summed E-state index contributed by atoms with van der Waals surface area (Å²) in [6.07, 6.45) is 0.112. The smallest absolute Gasteiger partial charge is 0.331 e. The van der Waals surface area contributed by atoms with Crippen LogP contribution in [-0.4, -0.2) is 46.0 Å². The number of hydrogen-bond acceptors (Lipinski definition) is 6. The summed E-state index contributed by atoms with van der Waals surface area (Å²) in [4.78, 5) is 49.6. The molecule has 1 heterocycles. The highest BCUT2D eigenvalue weighted by Crippen LogP contribution is 2.25. The number of carbonyl (C=O) groups is 4. The predicted octanol–water partition coefficient (Wildman–Crippen LogP) is 2.70. The molecular formula is C21H19NO5S. The molecule has 6 nitrogen and oxygen atoms in total. The maximum Gasteiger partial charge on any atom is 0.331 e. The lowest BCUT2D eigenvalue weighted by Gasteiger charge is -2.14. The molecule has 28 heavy (non-hydrogen) atoms. The lowest BCUT2D eigenvalue weighted by molar-refractivity contribution is -0.147. The van der Waals surface area contributed by atoms with Gasteiger partial charge < -0.3 is 4.74 Å². The molecule has 144 valence electrons. The van der Waals surface area contributed by atoms with Gasteiger partial charge in [-0.3, -0.25) is 19.3 Å². The van der Waals surface area contributed by atoms with Crippen LogP contribution in [0.2, 0.25) is 0 Å². The van der Waals surface area contributed by atoms with Crippen molar-refractivity contribution >= 4 is 35.3 Å². The zero-order chi connectivity index (χ0) is 20.1. The Kier molecular flexibility index (Phi) is 6.26. The van der Waals surface area contributed by atoms with E-state index in [1.165, 1.54) is 23.9 Å². The number of rotatable bonds is 7. The standard InChI is InChI=1S/C21H19NO5S/c1-2-28-17-12-18(23)22(21(17)26)13-19(24)27-16-10-8-15(9-11-16)20(25)14-6-4-3-5-7-14/h3-11,17H,2,12-13H2,1H3. The molecule has 0 spiro atoms. The van der Waals surface area contributed by atoms with Gasteiger partial charge in [0.2, 0.25) is 11.8 Å². The fourth-order valence-corrected chi connectivity index (χ4v) is 3.81. The molecule has 1 saturated heterocycles. The highest BCUT2D eigenvalue weighted by Gasteiger charge is 2.39. The SMILES string of the molecule is CCSC1CC(=O)N(CC(=O)Oc2ccc(C(=O)c3ccccc3)cc2)C1=O. The highest BCUT2D eigenvalue weighted by atomic mass is 32.2. The minimum Gasteiger partial charge on any atom is -0.425 e. The van der Waals surface area contributed by atoms with Crippen LogP contribution < -0.4 is 4.74 Å². The van der Waals surface area contributed by atoms with E-state index in [-0.39, 0.29) is 29.8 Å². The zero-order valence-electron chi connectivity index (χ0n) is 15.3. The summed E-state index contributed by atoms with van der Waals surface area (Å²) in [6.45, 7) is 1.49. The summed E-state index contributed by atoms with van der Waals surface area (Å²) in [6, 6.07) is 15.0. The van der Waals surface area contributed by atoms with Crippen molar-refractivity contribution in [2.75, 3.05) is 12.3 Å². The Balaban J connectivity index is 1.60. The van der Waals surface area contributed by atoms with Gasteiger partial charge in [-0.1, -0.05) is 37.3 Å². The third-order valence-corrected chi connectivity index (χ3v) is 5.35. The Morgan fingerprint density at radius 2 is 1.68 bits per heavy atom. The predicted molar refractivity (Wildman–Crippen MR) is 105 cm³/mol. The molecule has 0 saturated carbocycles. The largest absolute Gasteiger partial charge is 0.425 e. The van der Waals surface area contributed by atoms with Crippen molar-refractivity contribution < 1.29 is 23.9 Å². The molecule has 7 heteroatoms. The summed E-state index contributed by atoms with van der Waals surface area (Å²) in [5.74, 6) is -0.588. The lowest BCUT2D eigenvalue weighted by atomic mass is 10.0. The van der Waals surface area contributed by atoms with Crippen molar-refractivity contribution in [3.63, 3.8) is 0 Å². The molecule has 1 aliphatic rings. The first-order chi connectivity index (χ1) is 13.5. The van der Waals surface area contributed by atoms with Gasteiger partial charge >= 0.3 is 5.97 Å². The number of ether oxygens (including phenoxy) is 1. The number of imide groups is 1. The van der Waals surface area contributed by atoms with Gasteiger partial charge in [0.25, 0.3) is 0 Å². The molecule has 0 N–H and O–H groups in total. The first kappa shape index (κ1) is 19.8. The quantitative estimate of drug-likeness (QED) is 0.309. The monoisotopic (exact) mass is 397 g/mol. The second kappa shape index (κ2) is 8.84. The minimum absolute atomic E-state index is 0.112. The molecule has 1 atom stereocenters. The molecule has 2 aromatic rings. The summed E-state index contributed by atoms with van der Waals surface area (Å²) < 4.78 is 5.21. The lowest BCUT2D eigenvalue weighted by Crippen LogP contribution is -2.37. The van der Waals surface area contributed by atoms with Gasteiger partial charge in [0.05, 0.1) is 5.25 Å². The summed E-state index contributed by atoms with van der Waals surface area (Å²) in [7, 11) is 0. The third-order valence-electron chi connectivity index (χ3n) is 4.24. The van der Waals surface area contributed by atoms with Gasteiger partial charge in [0, 0.05) is 17.5 Å². The van der Waals surface area contributed by atoms with Gasteiger partial charge in [-0.15, -0.1) is 11.8 Å². The normalized spacial score (nSPS) is 16.3. The second-order valence-corrected chi connectivity index (χ2v) is 7.64. The van der Waals surface area contributed by atoms with Gasteiger partial charge in [-0.05, 0) is 30.0 Å². The van der Waals surface area contributed by atoms with E-state index in [0.717, 1.165) is 10.7 Å². The van der Waals surface area contributed by atoms with E-state index in [2.05, 4.69) is 0 Å². The van der Waals surface area contributed by atoms with Gasteiger partial charge in [0.15, 0.2) is 5.78 Å². The Hall–Kier alpha value is -2.93. The first-order valence-electron chi connectivity index (χ1n) is 8.86. The Morgan fingerprint density at radius 1 is 1.04 bits per heavy atom. The number of amides is 2. The third kappa shape index (κ3) is 4.48. The van der Waals surface area contributed by atoms with Crippen LogP contribution >= 0.6 is 11.8 Å². The van der Waals surface area contributed by atoms with Crippen molar-refractivity contribution in [2.45, 2.75) is 18.6 Å². The van der Waals surface area contributed by atoms with E-state index in [9.17, 15) is 19.2 Å². The van der Waals surface area contributed by atoms with E-state index in [1.807, 2.05) is 13.0 Å². The number of benzene rings is 2. The molecule has 1 unspecified atom stereocenters. The number of nitrogens with zero attached hydrogens (tertiary/aromatic N) is 1. The topological polar surface area (TPSA) is 80.8 Å². The molecule has 0 aromatic heterocycles. The first-order valence-corrected chi connectivity index (χ1v) is 9.90. The van der Waals surface area contributed by atoms with Gasteiger partial charge in [-0.25, -0.2) is 4.79 Å². The molecule has 2 aromatic carbocycles.